The van der Waals surface area contributed by atoms with Crippen molar-refractivity contribution >= 4 is 14.6 Å². The minimum atomic E-state index is -2.12. The van der Waals surface area contributed by atoms with Crippen LogP contribution < -0.4 is 0 Å². The molecule has 1 aliphatic heterocycles. The summed E-state index contributed by atoms with van der Waals surface area (Å²) in [5, 5.41) is 0.0269. The average Bonchev–Trinajstić information content (AvgIpc) is 2.81. The van der Waals surface area contributed by atoms with Crippen molar-refractivity contribution in [1.29, 1.82) is 0 Å². The van der Waals surface area contributed by atoms with Gasteiger partial charge in [-0.25, -0.2) is 0 Å². The van der Waals surface area contributed by atoms with Crippen LogP contribution in [0.2, 0.25) is 18.1 Å². The van der Waals surface area contributed by atoms with Crippen molar-refractivity contribution < 1.29 is 18.7 Å². The monoisotopic (exact) mass is 350 g/mol. The highest BCUT2D eigenvalue weighted by Gasteiger charge is 2.54. The van der Waals surface area contributed by atoms with Crippen LogP contribution in [0, 0.1) is 0 Å². The zero-order valence-electron chi connectivity index (χ0n) is 15.9. The Balaban J connectivity index is 2.47. The van der Waals surface area contributed by atoms with Crippen molar-refractivity contribution in [2.75, 3.05) is 6.61 Å². The van der Waals surface area contributed by atoms with Gasteiger partial charge in [0.05, 0.1) is 6.61 Å². The first-order valence-corrected chi connectivity index (χ1v) is 11.4. The summed E-state index contributed by atoms with van der Waals surface area (Å²) in [5.74, 6) is -0.801. The second kappa shape index (κ2) is 6.37. The van der Waals surface area contributed by atoms with Gasteiger partial charge < -0.3 is 13.9 Å². The molecular weight excluding hydrogens is 320 g/mol. The Labute approximate surface area is 146 Å². The Kier molecular flexibility index (Phi) is 5.13. The van der Waals surface area contributed by atoms with Gasteiger partial charge >= 0.3 is 0 Å². The number of carbonyl (C=O) groups excluding carboxylic acids is 1. The van der Waals surface area contributed by atoms with Gasteiger partial charge in [-0.2, -0.15) is 0 Å². The van der Waals surface area contributed by atoms with Crippen LogP contribution in [0.15, 0.2) is 30.3 Å². The molecule has 1 aromatic carbocycles. The Morgan fingerprint density at radius 2 is 1.79 bits per heavy atom. The molecule has 5 heteroatoms. The quantitative estimate of drug-likeness (QED) is 0.580. The van der Waals surface area contributed by atoms with Gasteiger partial charge in [0.25, 0.3) is 0 Å². The minimum absolute atomic E-state index is 0.0269. The van der Waals surface area contributed by atoms with Crippen LogP contribution in [-0.4, -0.2) is 32.6 Å². The number of carbonyl (C=O) groups is 1. The summed E-state index contributed by atoms with van der Waals surface area (Å²) in [5.41, 5.74) is -0.184. The van der Waals surface area contributed by atoms with E-state index in [9.17, 15) is 4.79 Å². The number of ether oxygens (including phenoxy) is 2. The van der Waals surface area contributed by atoms with Gasteiger partial charge in [-0.3, -0.25) is 4.79 Å². The van der Waals surface area contributed by atoms with Crippen molar-refractivity contribution in [3.63, 3.8) is 0 Å². The smallest absolute Gasteiger partial charge is 0.193 e. The van der Waals surface area contributed by atoms with Crippen molar-refractivity contribution in [2.24, 2.45) is 0 Å². The summed E-state index contributed by atoms with van der Waals surface area (Å²) >= 11 is 0. The molecule has 0 saturated carbocycles. The standard InChI is InChI=1S/C19H30O4Si/c1-17(2,3)24(6,7)22-16(15-11-9-8-10-12-15)19(13-20)14-21-18(4,5)23-19/h8-13,16H,14H2,1-7H3/t16-,19+/m1/s1. The highest BCUT2D eigenvalue weighted by atomic mass is 28.4. The van der Waals surface area contributed by atoms with E-state index in [1.54, 1.807) is 0 Å². The van der Waals surface area contributed by atoms with E-state index < -0.39 is 25.8 Å². The fourth-order valence-electron chi connectivity index (χ4n) is 2.60. The summed E-state index contributed by atoms with van der Waals surface area (Å²) in [6, 6.07) is 9.83. The third-order valence-electron chi connectivity index (χ3n) is 5.05. The molecule has 2 atom stereocenters. The summed E-state index contributed by atoms with van der Waals surface area (Å²) in [6.45, 7) is 14.8. The average molecular weight is 351 g/mol. The normalized spacial score (nSPS) is 25.5. The van der Waals surface area contributed by atoms with E-state index in [1.165, 1.54) is 0 Å². The molecule has 1 aromatic rings. The highest BCUT2D eigenvalue weighted by molar-refractivity contribution is 6.74. The van der Waals surface area contributed by atoms with E-state index in [2.05, 4.69) is 33.9 Å². The Hall–Kier alpha value is -1.01. The first-order valence-electron chi connectivity index (χ1n) is 8.46. The fraction of sp³-hybridized carbons (Fsp3) is 0.632. The number of hydrogen-bond acceptors (Lipinski definition) is 4. The first-order chi connectivity index (χ1) is 10.9. The van der Waals surface area contributed by atoms with E-state index in [0.29, 0.717) is 0 Å². The zero-order valence-corrected chi connectivity index (χ0v) is 16.9. The predicted octanol–water partition coefficient (Wildman–Crippen LogP) is 4.47. The molecule has 0 aromatic heterocycles. The lowest BCUT2D eigenvalue weighted by molar-refractivity contribution is -0.182. The maximum absolute atomic E-state index is 12.1. The fourth-order valence-corrected chi connectivity index (χ4v) is 3.88. The van der Waals surface area contributed by atoms with Crippen molar-refractivity contribution in [1.82, 2.24) is 0 Å². The highest BCUT2D eigenvalue weighted by Crippen LogP contribution is 2.46. The van der Waals surface area contributed by atoms with E-state index in [-0.39, 0.29) is 11.6 Å². The summed E-state index contributed by atoms with van der Waals surface area (Å²) in [4.78, 5) is 12.1. The molecule has 0 N–H and O–H groups in total. The molecule has 0 bridgehead atoms. The van der Waals surface area contributed by atoms with Crippen LogP contribution in [0.25, 0.3) is 0 Å². The second-order valence-corrected chi connectivity index (χ2v) is 13.3. The molecule has 0 radical (unpaired) electrons. The predicted molar refractivity (Wildman–Crippen MR) is 97.4 cm³/mol. The van der Waals surface area contributed by atoms with Crippen molar-refractivity contribution in [3.8, 4) is 0 Å². The molecule has 4 nitrogen and oxygen atoms in total. The van der Waals surface area contributed by atoms with Crippen molar-refractivity contribution in [2.45, 2.75) is 70.2 Å². The molecule has 24 heavy (non-hydrogen) atoms. The van der Waals surface area contributed by atoms with Gasteiger partial charge in [-0.15, -0.1) is 0 Å². The molecule has 1 fully saturated rings. The maximum atomic E-state index is 12.1. The Morgan fingerprint density at radius 3 is 2.21 bits per heavy atom. The Bertz CT molecular complexity index is 577. The zero-order chi connectivity index (χ0) is 18.2. The molecule has 1 saturated heterocycles. The van der Waals surface area contributed by atoms with Gasteiger partial charge in [0, 0.05) is 0 Å². The van der Waals surface area contributed by atoms with Gasteiger partial charge in [0.1, 0.15) is 6.10 Å². The summed E-state index contributed by atoms with van der Waals surface area (Å²) in [6.07, 6.45) is 0.367. The second-order valence-electron chi connectivity index (χ2n) is 8.53. The molecule has 2 rings (SSSR count). The summed E-state index contributed by atoms with van der Waals surface area (Å²) in [7, 11) is -2.12. The van der Waals surface area contributed by atoms with Gasteiger partial charge in [0.2, 0.25) is 0 Å². The number of aldehydes is 1. The van der Waals surface area contributed by atoms with E-state index >= 15 is 0 Å². The minimum Gasteiger partial charge on any atom is -0.406 e. The van der Waals surface area contributed by atoms with Crippen LogP contribution in [0.5, 0.6) is 0 Å². The molecule has 0 unspecified atom stereocenters. The number of benzene rings is 1. The van der Waals surface area contributed by atoms with Crippen LogP contribution >= 0.6 is 0 Å². The third-order valence-corrected chi connectivity index (χ3v) is 9.48. The van der Waals surface area contributed by atoms with Crippen LogP contribution in [0.3, 0.4) is 0 Å². The molecule has 0 aliphatic carbocycles. The molecule has 0 spiro atoms. The lowest BCUT2D eigenvalue weighted by Gasteiger charge is -2.43. The van der Waals surface area contributed by atoms with Crippen molar-refractivity contribution in [3.05, 3.63) is 35.9 Å². The van der Waals surface area contributed by atoms with Gasteiger partial charge in [-0.1, -0.05) is 51.1 Å². The van der Waals surface area contributed by atoms with E-state index in [4.69, 9.17) is 13.9 Å². The maximum Gasteiger partial charge on any atom is 0.193 e. The molecule has 0 amide bonds. The molecule has 1 heterocycles. The first kappa shape index (κ1) is 19.3. The largest absolute Gasteiger partial charge is 0.406 e. The SMILES string of the molecule is CC1(C)OC[C@@](C=O)([C@H](O[Si](C)(C)C(C)(C)C)c2ccccc2)O1. The molecule has 134 valence electrons. The topological polar surface area (TPSA) is 44.8 Å². The van der Waals surface area contributed by atoms with Gasteiger partial charge in [-0.05, 0) is 37.5 Å². The summed E-state index contributed by atoms with van der Waals surface area (Å²) < 4.78 is 18.5. The van der Waals surface area contributed by atoms with Crippen LogP contribution in [0.4, 0.5) is 0 Å². The third kappa shape index (κ3) is 3.80. The van der Waals surface area contributed by atoms with Gasteiger partial charge in [0.15, 0.2) is 26.0 Å². The number of rotatable bonds is 5. The number of hydrogen-bond donors (Lipinski definition) is 0. The lowest BCUT2D eigenvalue weighted by atomic mass is 9.93. The van der Waals surface area contributed by atoms with Crippen LogP contribution in [0.1, 0.15) is 46.3 Å². The van der Waals surface area contributed by atoms with E-state index in [0.717, 1.165) is 11.8 Å². The van der Waals surface area contributed by atoms with Crippen LogP contribution in [-0.2, 0) is 18.7 Å². The Morgan fingerprint density at radius 1 is 1.21 bits per heavy atom. The van der Waals surface area contributed by atoms with E-state index in [1.807, 2.05) is 44.2 Å². The molecular formula is C19H30O4Si. The lowest BCUT2D eigenvalue weighted by Crippen LogP contribution is -2.50. The molecule has 1 aliphatic rings.